The summed E-state index contributed by atoms with van der Waals surface area (Å²) in [6.07, 6.45) is 3.15. The van der Waals surface area contributed by atoms with Crippen LogP contribution >= 0.6 is 23.4 Å². The van der Waals surface area contributed by atoms with E-state index in [1.54, 1.807) is 22.5 Å². The van der Waals surface area contributed by atoms with Crippen LogP contribution in [0.4, 0.5) is 4.39 Å². The summed E-state index contributed by atoms with van der Waals surface area (Å²) in [6.45, 7) is 0.536. The Kier molecular flexibility index (Phi) is 4.87. The molecule has 1 saturated heterocycles. The van der Waals surface area contributed by atoms with E-state index in [0.29, 0.717) is 30.3 Å². The zero-order valence-electron chi connectivity index (χ0n) is 12.6. The molecule has 1 fully saturated rings. The lowest BCUT2D eigenvalue weighted by Gasteiger charge is -2.10. The first kappa shape index (κ1) is 16.3. The molecule has 0 unspecified atom stereocenters. The molecular formula is C15H16ClFN4OS. The first-order chi connectivity index (χ1) is 11.1. The van der Waals surface area contributed by atoms with E-state index in [-0.39, 0.29) is 16.8 Å². The number of hydrogen-bond acceptors (Lipinski definition) is 4. The first-order valence-corrected chi connectivity index (χ1v) is 9.02. The molecule has 1 aliphatic heterocycles. The molecule has 1 aliphatic rings. The number of amides is 1. The molecule has 0 spiro atoms. The van der Waals surface area contributed by atoms with Crippen molar-refractivity contribution in [1.29, 1.82) is 0 Å². The van der Waals surface area contributed by atoms with E-state index in [1.165, 1.54) is 12.1 Å². The molecule has 122 valence electrons. The van der Waals surface area contributed by atoms with E-state index in [0.717, 1.165) is 12.2 Å². The Hall–Kier alpha value is -1.60. The first-order valence-electron chi connectivity index (χ1n) is 7.25. The Labute approximate surface area is 142 Å². The number of benzene rings is 1. The van der Waals surface area contributed by atoms with Gasteiger partial charge in [-0.3, -0.25) is 4.79 Å². The van der Waals surface area contributed by atoms with Crippen molar-refractivity contribution in [1.82, 2.24) is 20.1 Å². The Morgan fingerprint density at radius 3 is 3.00 bits per heavy atom. The van der Waals surface area contributed by atoms with E-state index in [4.69, 9.17) is 11.6 Å². The van der Waals surface area contributed by atoms with Gasteiger partial charge >= 0.3 is 0 Å². The number of aromatic nitrogens is 3. The lowest BCUT2D eigenvalue weighted by molar-refractivity contribution is -0.119. The van der Waals surface area contributed by atoms with Crippen LogP contribution in [0.3, 0.4) is 0 Å². The smallest absolute Gasteiger partial charge is 0.220 e. The third kappa shape index (κ3) is 3.50. The molecule has 8 heteroatoms. The molecule has 0 saturated carbocycles. The van der Waals surface area contributed by atoms with Crippen molar-refractivity contribution in [3.05, 3.63) is 40.7 Å². The highest BCUT2D eigenvalue weighted by Gasteiger charge is 2.28. The van der Waals surface area contributed by atoms with Gasteiger partial charge < -0.3 is 5.32 Å². The number of rotatable bonds is 5. The Morgan fingerprint density at radius 1 is 1.52 bits per heavy atom. The molecule has 1 N–H and O–H groups in total. The average Bonchev–Trinajstić information content (AvgIpc) is 3.14. The summed E-state index contributed by atoms with van der Waals surface area (Å²) in [7, 11) is 0. The van der Waals surface area contributed by atoms with Crippen LogP contribution in [0.15, 0.2) is 18.2 Å². The fourth-order valence-electron chi connectivity index (χ4n) is 2.53. The lowest BCUT2D eigenvalue weighted by atomic mass is 10.1. The minimum absolute atomic E-state index is 0.00681. The second-order valence-electron chi connectivity index (χ2n) is 5.34. The zero-order valence-corrected chi connectivity index (χ0v) is 14.1. The zero-order chi connectivity index (χ0) is 16.4. The van der Waals surface area contributed by atoms with Gasteiger partial charge in [-0.2, -0.15) is 16.9 Å². The molecule has 0 aliphatic carbocycles. The van der Waals surface area contributed by atoms with Gasteiger partial charge in [0, 0.05) is 31.1 Å². The monoisotopic (exact) mass is 354 g/mol. The summed E-state index contributed by atoms with van der Waals surface area (Å²) < 4.78 is 15.1. The summed E-state index contributed by atoms with van der Waals surface area (Å²) >= 11 is 7.60. The van der Waals surface area contributed by atoms with E-state index in [2.05, 4.69) is 15.4 Å². The van der Waals surface area contributed by atoms with Crippen LogP contribution in [0, 0.1) is 5.82 Å². The predicted molar refractivity (Wildman–Crippen MR) is 88.8 cm³/mol. The van der Waals surface area contributed by atoms with Crippen molar-refractivity contribution >= 4 is 29.3 Å². The van der Waals surface area contributed by atoms with Crippen molar-refractivity contribution in [2.45, 2.75) is 18.8 Å². The molecule has 1 amide bonds. The summed E-state index contributed by atoms with van der Waals surface area (Å²) in [5.74, 6) is 1.83. The number of hydrogen-bond donors (Lipinski definition) is 1. The van der Waals surface area contributed by atoms with Gasteiger partial charge in [0.2, 0.25) is 5.91 Å². The lowest BCUT2D eigenvalue weighted by Crippen LogP contribution is -2.15. The second-order valence-corrected chi connectivity index (χ2v) is 6.74. The summed E-state index contributed by atoms with van der Waals surface area (Å²) in [5.41, 5.74) is 0.647. The van der Waals surface area contributed by atoms with Gasteiger partial charge in [-0.25, -0.2) is 14.1 Å². The van der Waals surface area contributed by atoms with Gasteiger partial charge in [0.05, 0.1) is 10.7 Å². The van der Waals surface area contributed by atoms with Crippen LogP contribution in [0.5, 0.6) is 0 Å². The van der Waals surface area contributed by atoms with Crippen molar-refractivity contribution in [3.8, 4) is 5.69 Å². The van der Waals surface area contributed by atoms with Crippen LogP contribution in [0.25, 0.3) is 5.69 Å². The van der Waals surface area contributed by atoms with Gasteiger partial charge in [-0.15, -0.1) is 0 Å². The molecule has 1 aromatic carbocycles. The highest BCUT2D eigenvalue weighted by atomic mass is 35.5. The molecule has 2 heterocycles. The van der Waals surface area contributed by atoms with E-state index in [1.807, 2.05) is 6.26 Å². The molecule has 3 rings (SSSR count). The van der Waals surface area contributed by atoms with Crippen LogP contribution in [-0.4, -0.2) is 39.2 Å². The van der Waals surface area contributed by atoms with E-state index < -0.39 is 5.82 Å². The van der Waals surface area contributed by atoms with Gasteiger partial charge in [-0.05, 0) is 24.5 Å². The maximum absolute atomic E-state index is 13.4. The topological polar surface area (TPSA) is 59.8 Å². The second kappa shape index (κ2) is 6.88. The molecule has 23 heavy (non-hydrogen) atoms. The number of carbonyl (C=O) groups excluding carboxylic acids is 1. The molecule has 2 aromatic rings. The maximum Gasteiger partial charge on any atom is 0.220 e. The van der Waals surface area contributed by atoms with Crippen LogP contribution in [-0.2, 0) is 11.2 Å². The quantitative estimate of drug-likeness (QED) is 0.896. The van der Waals surface area contributed by atoms with Gasteiger partial charge in [0.1, 0.15) is 11.6 Å². The summed E-state index contributed by atoms with van der Waals surface area (Å²) in [5, 5.41) is 7.38. The van der Waals surface area contributed by atoms with Crippen molar-refractivity contribution in [2.75, 3.05) is 18.6 Å². The Bertz CT molecular complexity index is 736. The molecule has 0 radical (unpaired) electrons. The maximum atomic E-state index is 13.4. The number of nitrogens with zero attached hydrogens (tertiary/aromatic N) is 3. The summed E-state index contributed by atoms with van der Waals surface area (Å²) in [4.78, 5) is 16.1. The van der Waals surface area contributed by atoms with Crippen molar-refractivity contribution in [2.24, 2.45) is 0 Å². The van der Waals surface area contributed by atoms with Crippen LogP contribution < -0.4 is 5.32 Å². The van der Waals surface area contributed by atoms with Crippen LogP contribution in [0.1, 0.15) is 24.0 Å². The number of halogens is 2. The normalized spacial score (nSPS) is 17.5. The van der Waals surface area contributed by atoms with Gasteiger partial charge in [-0.1, -0.05) is 11.6 Å². The van der Waals surface area contributed by atoms with E-state index in [9.17, 15) is 9.18 Å². The Balaban J connectivity index is 2.00. The number of nitrogens with one attached hydrogen (secondary N) is 1. The minimum atomic E-state index is -0.475. The molecule has 0 bridgehead atoms. The highest BCUT2D eigenvalue weighted by molar-refractivity contribution is 7.98. The molecule has 1 aromatic heterocycles. The van der Waals surface area contributed by atoms with Gasteiger partial charge in [0.25, 0.3) is 0 Å². The predicted octanol–water partition coefficient (Wildman–Crippen LogP) is 2.57. The van der Waals surface area contributed by atoms with Crippen molar-refractivity contribution in [3.63, 3.8) is 0 Å². The van der Waals surface area contributed by atoms with Crippen molar-refractivity contribution < 1.29 is 9.18 Å². The molecule has 1 atom stereocenters. The highest BCUT2D eigenvalue weighted by Crippen LogP contribution is 2.26. The number of aryl methyl sites for hydroxylation is 1. The Morgan fingerprint density at radius 2 is 2.35 bits per heavy atom. The number of thioether (sulfide) groups is 1. The molecule has 5 nitrogen and oxygen atoms in total. The third-order valence-corrected chi connectivity index (χ3v) is 4.60. The summed E-state index contributed by atoms with van der Waals surface area (Å²) in [6, 6.07) is 4.45. The largest absolute Gasteiger partial charge is 0.355 e. The van der Waals surface area contributed by atoms with Gasteiger partial charge in [0.15, 0.2) is 5.82 Å². The fourth-order valence-corrected chi connectivity index (χ4v) is 3.09. The van der Waals surface area contributed by atoms with E-state index >= 15 is 0 Å². The number of carbonyl (C=O) groups is 1. The fraction of sp³-hybridized carbons (Fsp3) is 0.400. The molecular weight excluding hydrogens is 339 g/mol. The van der Waals surface area contributed by atoms with Crippen LogP contribution in [0.2, 0.25) is 5.02 Å². The average molecular weight is 355 g/mol. The minimum Gasteiger partial charge on any atom is -0.355 e. The third-order valence-electron chi connectivity index (χ3n) is 3.70. The standard InChI is InChI=1S/C15H16ClFN4OS/c1-23-5-4-13-19-15(9-6-14(22)18-8-9)21(20-13)10-2-3-12(17)11(16)7-10/h2-3,7,9H,4-6,8H2,1H3,(H,18,22)/t9-/m0/s1. The SMILES string of the molecule is CSCCc1nc([C@@H]2CNC(=O)C2)n(-c2ccc(F)c(Cl)c2)n1.